The average Bonchev–Trinajstić information content (AvgIpc) is 2.36. The van der Waals surface area contributed by atoms with Crippen LogP contribution >= 0.6 is 0 Å². The first-order chi connectivity index (χ1) is 9.81. The Hall–Kier alpha value is -1.66. The number of aromatic nitrogens is 1. The molecule has 0 fully saturated rings. The maximum Gasteiger partial charge on any atom is 0.251 e. The van der Waals surface area contributed by atoms with Crippen LogP contribution in [0, 0.1) is 12.8 Å². The first-order valence-corrected chi connectivity index (χ1v) is 7.22. The fourth-order valence-corrected chi connectivity index (χ4v) is 2.33. The van der Waals surface area contributed by atoms with Crippen LogP contribution in [-0.4, -0.2) is 42.5 Å². The van der Waals surface area contributed by atoms with E-state index in [2.05, 4.69) is 34.5 Å². The average molecular weight is 293 g/mol. The van der Waals surface area contributed by atoms with Gasteiger partial charge in [-0.1, -0.05) is 13.8 Å². The first-order valence-electron chi connectivity index (χ1n) is 7.22. The van der Waals surface area contributed by atoms with Crippen molar-refractivity contribution in [1.29, 1.82) is 0 Å². The molecule has 1 aromatic rings. The molecule has 0 aromatic carbocycles. The number of anilines is 1. The zero-order chi connectivity index (χ0) is 16.0. The summed E-state index contributed by atoms with van der Waals surface area (Å²) >= 11 is 0. The summed E-state index contributed by atoms with van der Waals surface area (Å²) in [6, 6.07) is 3.54. The number of amides is 1. The van der Waals surface area contributed by atoms with Gasteiger partial charge in [-0.15, -0.1) is 0 Å². The minimum atomic E-state index is -0.0931. The predicted molar refractivity (Wildman–Crippen MR) is 86.0 cm³/mol. The second-order valence-corrected chi connectivity index (χ2v) is 6.09. The quantitative estimate of drug-likeness (QED) is 0.522. The molecule has 0 saturated heterocycles. The third-order valence-electron chi connectivity index (χ3n) is 3.04. The maximum atomic E-state index is 12.4. The number of pyridine rings is 1. The Morgan fingerprint density at radius 1 is 1.38 bits per heavy atom. The van der Waals surface area contributed by atoms with Gasteiger partial charge in [0.15, 0.2) is 0 Å². The summed E-state index contributed by atoms with van der Waals surface area (Å²) in [5, 5.41) is 3.10. The molecule has 6 heteroatoms. The molecule has 0 bridgehead atoms. The lowest BCUT2D eigenvalue weighted by atomic mass is 10.0. The van der Waals surface area contributed by atoms with E-state index in [-0.39, 0.29) is 11.9 Å². The Labute approximate surface area is 127 Å². The molecule has 0 radical (unpaired) electrons. The number of carbonyl (C=O) groups is 1. The number of rotatable bonds is 7. The molecule has 0 saturated carbocycles. The lowest BCUT2D eigenvalue weighted by molar-refractivity contribution is 0.0924. The number of carbonyl (C=O) groups excluding carboxylic acids is 1. The Morgan fingerprint density at radius 2 is 2.05 bits per heavy atom. The molecule has 0 aliphatic carbocycles. The Morgan fingerprint density at radius 3 is 2.57 bits per heavy atom. The van der Waals surface area contributed by atoms with E-state index >= 15 is 0 Å². The van der Waals surface area contributed by atoms with E-state index < -0.39 is 0 Å². The summed E-state index contributed by atoms with van der Waals surface area (Å²) in [7, 11) is 4.01. The standard InChI is InChI=1S/C15H27N5O/c1-10(2)6-13(9-20(4)5)18-15(21)12-7-11(3)17-14(8-12)19-16/h7-8,10,13H,6,9,16H2,1-5H3,(H,17,19)(H,18,21). The third-order valence-corrected chi connectivity index (χ3v) is 3.04. The molecule has 6 nitrogen and oxygen atoms in total. The number of hydrogen-bond donors (Lipinski definition) is 3. The van der Waals surface area contributed by atoms with Crippen LogP contribution in [0.5, 0.6) is 0 Å². The molecule has 21 heavy (non-hydrogen) atoms. The van der Waals surface area contributed by atoms with Crippen molar-refractivity contribution < 1.29 is 4.79 Å². The number of hydrazine groups is 1. The SMILES string of the molecule is Cc1cc(C(=O)NC(CC(C)C)CN(C)C)cc(NN)n1. The fraction of sp³-hybridized carbons (Fsp3) is 0.600. The van der Waals surface area contributed by atoms with Crippen molar-refractivity contribution in [3.63, 3.8) is 0 Å². The monoisotopic (exact) mass is 293 g/mol. The van der Waals surface area contributed by atoms with E-state index in [1.165, 1.54) is 0 Å². The second-order valence-electron chi connectivity index (χ2n) is 6.09. The van der Waals surface area contributed by atoms with Gasteiger partial charge in [0, 0.05) is 23.8 Å². The van der Waals surface area contributed by atoms with Gasteiger partial charge in [0.25, 0.3) is 5.91 Å². The van der Waals surface area contributed by atoms with Crippen molar-refractivity contribution in [3.8, 4) is 0 Å². The van der Waals surface area contributed by atoms with E-state index in [0.29, 0.717) is 17.3 Å². The van der Waals surface area contributed by atoms with Gasteiger partial charge in [0.05, 0.1) is 0 Å². The molecule has 4 N–H and O–H groups in total. The second kappa shape index (κ2) is 7.95. The molecule has 1 atom stereocenters. The largest absolute Gasteiger partial charge is 0.348 e. The van der Waals surface area contributed by atoms with Crippen LogP contribution in [0.4, 0.5) is 5.82 Å². The topological polar surface area (TPSA) is 83.3 Å². The van der Waals surface area contributed by atoms with Gasteiger partial charge in [-0.25, -0.2) is 10.8 Å². The number of nitrogens with two attached hydrogens (primary N) is 1. The molecule has 0 aliphatic rings. The number of nitrogens with one attached hydrogen (secondary N) is 2. The normalized spacial score (nSPS) is 12.6. The molecule has 1 rings (SSSR count). The number of likely N-dealkylation sites (N-methyl/N-ethyl adjacent to an activating group) is 1. The number of hydrogen-bond acceptors (Lipinski definition) is 5. The van der Waals surface area contributed by atoms with Crippen LogP contribution in [-0.2, 0) is 0 Å². The summed E-state index contributed by atoms with van der Waals surface area (Å²) in [6.45, 7) is 6.96. The van der Waals surface area contributed by atoms with Gasteiger partial charge in [-0.2, -0.15) is 0 Å². The lowest BCUT2D eigenvalue weighted by Gasteiger charge is -2.24. The Balaban J connectivity index is 2.83. The highest BCUT2D eigenvalue weighted by molar-refractivity contribution is 5.95. The van der Waals surface area contributed by atoms with Crippen molar-refractivity contribution >= 4 is 11.7 Å². The molecular formula is C15H27N5O. The highest BCUT2D eigenvalue weighted by Gasteiger charge is 2.17. The predicted octanol–water partition coefficient (Wildman–Crippen LogP) is 1.38. The Bertz CT molecular complexity index is 463. The number of nitrogens with zero attached hydrogens (tertiary/aromatic N) is 2. The van der Waals surface area contributed by atoms with Crippen molar-refractivity contribution in [1.82, 2.24) is 15.2 Å². The minimum Gasteiger partial charge on any atom is -0.348 e. The van der Waals surface area contributed by atoms with E-state index in [1.54, 1.807) is 12.1 Å². The molecule has 1 unspecified atom stereocenters. The first kappa shape index (κ1) is 17.4. The molecule has 1 amide bonds. The minimum absolute atomic E-state index is 0.0931. The van der Waals surface area contributed by atoms with Crippen molar-refractivity contribution in [3.05, 3.63) is 23.4 Å². The van der Waals surface area contributed by atoms with E-state index in [1.807, 2.05) is 21.0 Å². The van der Waals surface area contributed by atoms with Gasteiger partial charge in [0.2, 0.25) is 0 Å². The van der Waals surface area contributed by atoms with E-state index in [4.69, 9.17) is 5.84 Å². The zero-order valence-corrected chi connectivity index (χ0v) is 13.6. The molecule has 1 aromatic heterocycles. The van der Waals surface area contributed by atoms with Gasteiger partial charge >= 0.3 is 0 Å². The summed E-state index contributed by atoms with van der Waals surface area (Å²) in [5.74, 6) is 6.29. The van der Waals surface area contributed by atoms with Crippen LogP contribution in [0.1, 0.15) is 36.3 Å². The highest BCUT2D eigenvalue weighted by Crippen LogP contribution is 2.11. The highest BCUT2D eigenvalue weighted by atomic mass is 16.1. The van der Waals surface area contributed by atoms with Crippen LogP contribution in [0.25, 0.3) is 0 Å². The summed E-state index contributed by atoms with van der Waals surface area (Å²) in [5.41, 5.74) is 3.81. The maximum absolute atomic E-state index is 12.4. The summed E-state index contributed by atoms with van der Waals surface area (Å²) in [6.07, 6.45) is 0.940. The molecule has 0 aliphatic heterocycles. The molecule has 118 valence electrons. The zero-order valence-electron chi connectivity index (χ0n) is 13.6. The lowest BCUT2D eigenvalue weighted by Crippen LogP contribution is -2.42. The van der Waals surface area contributed by atoms with Gasteiger partial charge < -0.3 is 15.6 Å². The third kappa shape index (κ3) is 6.10. The van der Waals surface area contributed by atoms with E-state index in [9.17, 15) is 4.79 Å². The van der Waals surface area contributed by atoms with Gasteiger partial charge in [0.1, 0.15) is 5.82 Å². The van der Waals surface area contributed by atoms with Gasteiger partial charge in [-0.3, -0.25) is 4.79 Å². The van der Waals surface area contributed by atoms with Crippen molar-refractivity contribution in [2.24, 2.45) is 11.8 Å². The van der Waals surface area contributed by atoms with Crippen molar-refractivity contribution in [2.75, 3.05) is 26.1 Å². The van der Waals surface area contributed by atoms with Crippen LogP contribution < -0.4 is 16.6 Å². The number of aryl methyl sites for hydroxylation is 1. The molecule has 1 heterocycles. The van der Waals surface area contributed by atoms with Crippen LogP contribution in [0.3, 0.4) is 0 Å². The smallest absolute Gasteiger partial charge is 0.251 e. The summed E-state index contributed by atoms with van der Waals surface area (Å²) < 4.78 is 0. The molecule has 0 spiro atoms. The number of nitrogen functional groups attached to an aromatic ring is 1. The van der Waals surface area contributed by atoms with Crippen LogP contribution in [0.15, 0.2) is 12.1 Å². The molecular weight excluding hydrogens is 266 g/mol. The van der Waals surface area contributed by atoms with Gasteiger partial charge in [-0.05, 0) is 45.5 Å². The van der Waals surface area contributed by atoms with E-state index in [0.717, 1.165) is 18.7 Å². The summed E-state index contributed by atoms with van der Waals surface area (Å²) in [4.78, 5) is 18.7. The van der Waals surface area contributed by atoms with Crippen LogP contribution in [0.2, 0.25) is 0 Å². The van der Waals surface area contributed by atoms with Crippen molar-refractivity contribution in [2.45, 2.75) is 33.2 Å². The fourth-order valence-electron chi connectivity index (χ4n) is 2.33. The Kier molecular flexibility index (Phi) is 6.58.